The third kappa shape index (κ3) is 3.94. The molecule has 3 aromatic rings. The predicted octanol–water partition coefficient (Wildman–Crippen LogP) is 6.44. The van der Waals surface area contributed by atoms with Crippen LogP contribution in [-0.4, -0.2) is 7.11 Å². The number of halogens is 1. The number of fused-ring (bicyclic) bond motifs is 1. The minimum Gasteiger partial charge on any atom is -0.488 e. The molecule has 0 saturated heterocycles. The molecule has 0 aromatic heterocycles. The molecule has 0 radical (unpaired) electrons. The molecule has 0 saturated carbocycles. The zero-order valence-corrected chi connectivity index (χ0v) is 15.8. The smallest absolute Gasteiger partial charge is 0.128 e. The normalized spacial score (nSPS) is 12.1. The van der Waals surface area contributed by atoms with Gasteiger partial charge in [0.2, 0.25) is 0 Å². The summed E-state index contributed by atoms with van der Waals surface area (Å²) in [4.78, 5) is 0. The molecule has 0 amide bonds. The van der Waals surface area contributed by atoms with Crippen LogP contribution in [0, 0.1) is 0 Å². The molecular weight excluding hydrogens is 376 g/mol. The highest BCUT2D eigenvalue weighted by Crippen LogP contribution is 2.39. The zero-order valence-electron chi connectivity index (χ0n) is 14.2. The van der Waals surface area contributed by atoms with Crippen molar-refractivity contribution in [3.63, 3.8) is 0 Å². The maximum atomic E-state index is 6.17. The van der Waals surface area contributed by atoms with Crippen molar-refractivity contribution in [2.24, 2.45) is 0 Å². The lowest BCUT2D eigenvalue weighted by Crippen LogP contribution is -2.04. The van der Waals surface area contributed by atoms with Crippen molar-refractivity contribution in [3.05, 3.63) is 88.9 Å². The number of ether oxygens (including phenoxy) is 2. The highest BCUT2D eigenvalue weighted by atomic mass is 79.9. The maximum Gasteiger partial charge on any atom is 0.128 e. The van der Waals surface area contributed by atoms with Crippen LogP contribution in [-0.2, 0) is 11.3 Å². The Kier molecular flexibility index (Phi) is 5.90. The quantitative estimate of drug-likeness (QED) is 0.427. The summed E-state index contributed by atoms with van der Waals surface area (Å²) in [5.41, 5.74) is 2.22. The van der Waals surface area contributed by atoms with Gasteiger partial charge in [-0.2, -0.15) is 0 Å². The Morgan fingerprint density at radius 1 is 1.04 bits per heavy atom. The summed E-state index contributed by atoms with van der Waals surface area (Å²) < 4.78 is 12.9. The summed E-state index contributed by atoms with van der Waals surface area (Å²) in [6.07, 6.45) is 2.56. The fourth-order valence-corrected chi connectivity index (χ4v) is 3.63. The van der Waals surface area contributed by atoms with Gasteiger partial charge in [0, 0.05) is 17.0 Å². The molecule has 0 fully saturated rings. The number of methoxy groups -OCH3 is 1. The third-order valence-electron chi connectivity index (χ3n) is 4.22. The van der Waals surface area contributed by atoms with Gasteiger partial charge >= 0.3 is 0 Å². The van der Waals surface area contributed by atoms with Crippen LogP contribution >= 0.6 is 15.9 Å². The van der Waals surface area contributed by atoms with Gasteiger partial charge in [-0.15, -0.1) is 6.58 Å². The van der Waals surface area contributed by atoms with Crippen molar-refractivity contribution in [2.45, 2.75) is 19.1 Å². The van der Waals surface area contributed by atoms with Gasteiger partial charge in [0.25, 0.3) is 0 Å². The molecule has 0 N–H and O–H groups in total. The van der Waals surface area contributed by atoms with E-state index in [-0.39, 0.29) is 6.10 Å². The number of rotatable bonds is 7. The first-order chi connectivity index (χ1) is 12.2. The summed E-state index contributed by atoms with van der Waals surface area (Å²) in [6.45, 7) is 4.37. The number of hydrogen-bond donors (Lipinski definition) is 0. The molecule has 0 aliphatic heterocycles. The monoisotopic (exact) mass is 396 g/mol. The van der Waals surface area contributed by atoms with Gasteiger partial charge in [-0.3, -0.25) is 0 Å². The Morgan fingerprint density at radius 3 is 2.40 bits per heavy atom. The van der Waals surface area contributed by atoms with E-state index in [4.69, 9.17) is 9.47 Å². The topological polar surface area (TPSA) is 18.5 Å². The molecule has 0 spiro atoms. The van der Waals surface area contributed by atoms with Crippen LogP contribution in [0.5, 0.6) is 5.75 Å². The highest BCUT2D eigenvalue weighted by molar-refractivity contribution is 9.10. The van der Waals surface area contributed by atoms with E-state index in [2.05, 4.69) is 52.8 Å². The molecule has 0 bridgehead atoms. The van der Waals surface area contributed by atoms with Crippen molar-refractivity contribution in [1.82, 2.24) is 0 Å². The lowest BCUT2D eigenvalue weighted by Gasteiger charge is -2.19. The van der Waals surface area contributed by atoms with E-state index in [1.807, 2.05) is 36.4 Å². The van der Waals surface area contributed by atoms with Gasteiger partial charge in [-0.25, -0.2) is 0 Å². The minimum atomic E-state index is -0.0597. The van der Waals surface area contributed by atoms with Crippen molar-refractivity contribution in [3.8, 4) is 5.75 Å². The lowest BCUT2D eigenvalue weighted by molar-refractivity contribution is 0.105. The maximum absolute atomic E-state index is 6.17. The third-order valence-corrected chi connectivity index (χ3v) is 5.10. The second-order valence-corrected chi connectivity index (χ2v) is 6.64. The second kappa shape index (κ2) is 8.32. The summed E-state index contributed by atoms with van der Waals surface area (Å²) in [5, 5.41) is 2.21. The van der Waals surface area contributed by atoms with Crippen LogP contribution in [0.3, 0.4) is 0 Å². The molecule has 0 aliphatic rings. The van der Waals surface area contributed by atoms with Crippen molar-refractivity contribution in [2.75, 3.05) is 7.11 Å². The van der Waals surface area contributed by atoms with E-state index in [1.54, 1.807) is 7.11 Å². The van der Waals surface area contributed by atoms with Gasteiger partial charge < -0.3 is 9.47 Å². The standard InChI is InChI=1S/C22H21BrO2/c1-3-9-20(24-2)19-14-21(25-15-16-10-5-4-6-11-16)17-12-7-8-13-18(17)22(19)23/h3-8,10-14,20H,1,9,15H2,2H3. The molecule has 25 heavy (non-hydrogen) atoms. The molecule has 3 rings (SSSR count). The molecule has 128 valence electrons. The van der Waals surface area contributed by atoms with Crippen LogP contribution in [0.25, 0.3) is 10.8 Å². The first-order valence-corrected chi connectivity index (χ1v) is 9.05. The Morgan fingerprint density at radius 2 is 1.72 bits per heavy atom. The first-order valence-electron chi connectivity index (χ1n) is 8.26. The fourth-order valence-electron chi connectivity index (χ4n) is 2.92. The van der Waals surface area contributed by atoms with E-state index in [0.717, 1.165) is 38.5 Å². The molecule has 3 aromatic carbocycles. The van der Waals surface area contributed by atoms with E-state index in [0.29, 0.717) is 6.61 Å². The molecule has 3 heteroatoms. The van der Waals surface area contributed by atoms with Crippen LogP contribution < -0.4 is 4.74 Å². The summed E-state index contributed by atoms with van der Waals surface area (Å²) >= 11 is 3.75. The second-order valence-electron chi connectivity index (χ2n) is 5.85. The largest absolute Gasteiger partial charge is 0.488 e. The van der Waals surface area contributed by atoms with Crippen LogP contribution in [0.15, 0.2) is 77.8 Å². The van der Waals surface area contributed by atoms with Crippen molar-refractivity contribution < 1.29 is 9.47 Å². The zero-order chi connectivity index (χ0) is 17.6. The average Bonchev–Trinajstić information content (AvgIpc) is 2.67. The summed E-state index contributed by atoms with van der Waals surface area (Å²) in [6, 6.07) is 20.5. The first kappa shape index (κ1) is 17.7. The van der Waals surface area contributed by atoms with E-state index < -0.39 is 0 Å². The van der Waals surface area contributed by atoms with E-state index >= 15 is 0 Å². The Labute approximate surface area is 157 Å². The summed E-state index contributed by atoms with van der Waals surface area (Å²) in [7, 11) is 1.72. The summed E-state index contributed by atoms with van der Waals surface area (Å²) in [5.74, 6) is 0.865. The Hall–Kier alpha value is -2.10. The SMILES string of the molecule is C=CCC(OC)c1cc(OCc2ccccc2)c2ccccc2c1Br. The van der Waals surface area contributed by atoms with Crippen molar-refractivity contribution >= 4 is 26.7 Å². The number of hydrogen-bond acceptors (Lipinski definition) is 2. The minimum absolute atomic E-state index is 0.0597. The Balaban J connectivity index is 2.03. The van der Waals surface area contributed by atoms with Crippen LogP contribution in [0.2, 0.25) is 0 Å². The predicted molar refractivity (Wildman–Crippen MR) is 107 cm³/mol. The fraction of sp³-hybridized carbons (Fsp3) is 0.182. The van der Waals surface area contributed by atoms with Gasteiger partial charge in [0.1, 0.15) is 12.4 Å². The highest BCUT2D eigenvalue weighted by Gasteiger charge is 2.18. The van der Waals surface area contributed by atoms with E-state index in [9.17, 15) is 0 Å². The average molecular weight is 397 g/mol. The molecule has 0 aliphatic carbocycles. The van der Waals surface area contributed by atoms with Crippen LogP contribution in [0.1, 0.15) is 23.7 Å². The molecule has 1 unspecified atom stereocenters. The number of benzene rings is 3. The molecule has 2 nitrogen and oxygen atoms in total. The van der Waals surface area contributed by atoms with E-state index in [1.165, 1.54) is 0 Å². The van der Waals surface area contributed by atoms with Gasteiger partial charge in [-0.05, 0) is 44.9 Å². The Bertz CT molecular complexity index is 859. The van der Waals surface area contributed by atoms with Gasteiger partial charge in [0.15, 0.2) is 0 Å². The van der Waals surface area contributed by atoms with Crippen LogP contribution in [0.4, 0.5) is 0 Å². The van der Waals surface area contributed by atoms with Gasteiger partial charge in [0.05, 0.1) is 6.10 Å². The molecule has 1 atom stereocenters. The van der Waals surface area contributed by atoms with Crippen molar-refractivity contribution in [1.29, 1.82) is 0 Å². The lowest BCUT2D eigenvalue weighted by atomic mass is 10.0. The van der Waals surface area contributed by atoms with Gasteiger partial charge in [-0.1, -0.05) is 60.7 Å². The molecule has 0 heterocycles. The molecular formula is C22H21BrO2.